The first kappa shape index (κ1) is 14.1. The van der Waals surface area contributed by atoms with Gasteiger partial charge >= 0.3 is 0 Å². The normalized spacial score (nSPS) is 11.9. The lowest BCUT2D eigenvalue weighted by Gasteiger charge is -2.15. The molecule has 0 saturated heterocycles. The molecule has 0 aliphatic heterocycles. The molecule has 3 nitrogen and oxygen atoms in total. The maximum atomic E-state index is 13.5. The minimum atomic E-state index is -0.434. The summed E-state index contributed by atoms with van der Waals surface area (Å²) in [5, 5.41) is 2.81. The van der Waals surface area contributed by atoms with Crippen LogP contribution in [0.1, 0.15) is 34.5 Å². The zero-order valence-electron chi connectivity index (χ0n) is 11.5. The van der Waals surface area contributed by atoms with Crippen LogP contribution in [0.25, 0.3) is 0 Å². The van der Waals surface area contributed by atoms with Gasteiger partial charge in [0.2, 0.25) is 0 Å². The Morgan fingerprint density at radius 1 is 1.25 bits per heavy atom. The van der Waals surface area contributed by atoms with E-state index in [9.17, 15) is 9.18 Å². The standard InChI is InChI=1S/C16H17FN2O/c1-10-8-15(18)13(9-14(10)17)16(20)19-11(2)12-6-4-3-5-7-12/h3-9,11H,18H2,1-2H3,(H,19,20). The topological polar surface area (TPSA) is 55.1 Å². The van der Waals surface area contributed by atoms with E-state index in [1.165, 1.54) is 12.1 Å². The maximum Gasteiger partial charge on any atom is 0.253 e. The van der Waals surface area contributed by atoms with E-state index >= 15 is 0 Å². The van der Waals surface area contributed by atoms with Crippen LogP contribution in [-0.4, -0.2) is 5.91 Å². The zero-order chi connectivity index (χ0) is 14.7. The first-order valence-corrected chi connectivity index (χ1v) is 6.40. The Kier molecular flexibility index (Phi) is 4.03. The average molecular weight is 272 g/mol. The summed E-state index contributed by atoms with van der Waals surface area (Å²) in [4.78, 5) is 12.2. The summed E-state index contributed by atoms with van der Waals surface area (Å²) in [5.74, 6) is -0.811. The van der Waals surface area contributed by atoms with Crippen molar-refractivity contribution in [2.45, 2.75) is 19.9 Å². The van der Waals surface area contributed by atoms with Gasteiger partial charge in [-0.15, -0.1) is 0 Å². The summed E-state index contributed by atoms with van der Waals surface area (Å²) >= 11 is 0. The Balaban J connectivity index is 2.19. The molecule has 2 rings (SSSR count). The predicted octanol–water partition coefficient (Wildman–Crippen LogP) is 3.21. The van der Waals surface area contributed by atoms with Crippen LogP contribution in [0.5, 0.6) is 0 Å². The lowest BCUT2D eigenvalue weighted by atomic mass is 10.1. The first-order valence-electron chi connectivity index (χ1n) is 6.40. The van der Waals surface area contributed by atoms with Gasteiger partial charge in [-0.3, -0.25) is 4.79 Å². The summed E-state index contributed by atoms with van der Waals surface area (Å²) in [6.45, 7) is 3.48. The molecule has 0 bridgehead atoms. The minimum Gasteiger partial charge on any atom is -0.398 e. The van der Waals surface area contributed by atoms with Crippen LogP contribution >= 0.6 is 0 Å². The summed E-state index contributed by atoms with van der Waals surface area (Å²) < 4.78 is 13.5. The number of rotatable bonds is 3. The molecule has 1 amide bonds. The molecule has 2 aromatic rings. The van der Waals surface area contributed by atoms with Gasteiger partial charge in [-0.1, -0.05) is 30.3 Å². The molecular weight excluding hydrogens is 255 g/mol. The van der Waals surface area contributed by atoms with Crippen molar-refractivity contribution in [2.24, 2.45) is 0 Å². The summed E-state index contributed by atoms with van der Waals surface area (Å²) in [7, 11) is 0. The number of amides is 1. The van der Waals surface area contributed by atoms with E-state index in [2.05, 4.69) is 5.32 Å². The molecule has 0 aliphatic carbocycles. The van der Waals surface area contributed by atoms with Gasteiger partial charge in [-0.2, -0.15) is 0 Å². The van der Waals surface area contributed by atoms with Crippen molar-refractivity contribution in [1.82, 2.24) is 5.32 Å². The number of anilines is 1. The molecule has 0 fully saturated rings. The highest BCUT2D eigenvalue weighted by molar-refractivity contribution is 5.99. The van der Waals surface area contributed by atoms with E-state index in [-0.39, 0.29) is 23.2 Å². The molecule has 1 unspecified atom stereocenters. The van der Waals surface area contributed by atoms with Crippen LogP contribution in [0.15, 0.2) is 42.5 Å². The van der Waals surface area contributed by atoms with E-state index in [4.69, 9.17) is 5.73 Å². The summed E-state index contributed by atoms with van der Waals surface area (Å²) in [6.07, 6.45) is 0. The Morgan fingerprint density at radius 3 is 2.55 bits per heavy atom. The Bertz CT molecular complexity index is 626. The number of benzene rings is 2. The third kappa shape index (κ3) is 2.96. The largest absolute Gasteiger partial charge is 0.398 e. The number of hydrogen-bond acceptors (Lipinski definition) is 2. The number of nitrogens with one attached hydrogen (secondary N) is 1. The number of aryl methyl sites for hydroxylation is 1. The molecule has 0 aromatic heterocycles. The van der Waals surface area contributed by atoms with E-state index in [0.717, 1.165) is 5.56 Å². The predicted molar refractivity (Wildman–Crippen MR) is 77.9 cm³/mol. The maximum absolute atomic E-state index is 13.5. The van der Waals surface area contributed by atoms with Crippen molar-refractivity contribution in [3.8, 4) is 0 Å². The summed E-state index contributed by atoms with van der Waals surface area (Å²) in [6, 6.07) is 12.0. The van der Waals surface area contributed by atoms with Gasteiger partial charge in [0, 0.05) is 5.69 Å². The molecule has 0 heterocycles. The highest BCUT2D eigenvalue weighted by Gasteiger charge is 2.15. The molecule has 1 atom stereocenters. The smallest absolute Gasteiger partial charge is 0.253 e. The van der Waals surface area contributed by atoms with Crippen LogP contribution in [0, 0.1) is 12.7 Å². The van der Waals surface area contributed by atoms with Gasteiger partial charge in [0.05, 0.1) is 11.6 Å². The number of nitrogen functional groups attached to an aromatic ring is 1. The van der Waals surface area contributed by atoms with Crippen molar-refractivity contribution in [2.75, 3.05) is 5.73 Å². The second-order valence-corrected chi connectivity index (χ2v) is 4.79. The quantitative estimate of drug-likeness (QED) is 0.843. The minimum absolute atomic E-state index is 0.163. The molecule has 4 heteroatoms. The molecule has 0 radical (unpaired) electrons. The Hall–Kier alpha value is -2.36. The number of halogens is 1. The second-order valence-electron chi connectivity index (χ2n) is 4.79. The summed E-state index contributed by atoms with van der Waals surface area (Å²) in [5.41, 5.74) is 7.63. The Morgan fingerprint density at radius 2 is 1.90 bits per heavy atom. The Labute approximate surface area is 117 Å². The van der Waals surface area contributed by atoms with E-state index in [0.29, 0.717) is 5.56 Å². The fourth-order valence-corrected chi connectivity index (χ4v) is 2.00. The number of carbonyl (C=O) groups is 1. The third-order valence-electron chi connectivity index (χ3n) is 3.22. The molecule has 0 aliphatic rings. The van der Waals surface area contributed by atoms with Crippen molar-refractivity contribution in [3.63, 3.8) is 0 Å². The highest BCUT2D eigenvalue weighted by Crippen LogP contribution is 2.19. The van der Waals surface area contributed by atoms with Crippen LogP contribution in [0.3, 0.4) is 0 Å². The van der Waals surface area contributed by atoms with Gasteiger partial charge in [0.1, 0.15) is 5.82 Å². The molecule has 104 valence electrons. The van der Waals surface area contributed by atoms with Gasteiger partial charge in [-0.25, -0.2) is 4.39 Å². The number of carbonyl (C=O) groups excluding carboxylic acids is 1. The van der Waals surface area contributed by atoms with E-state index < -0.39 is 5.82 Å². The number of hydrogen-bond donors (Lipinski definition) is 2. The molecule has 20 heavy (non-hydrogen) atoms. The molecule has 2 aromatic carbocycles. The van der Waals surface area contributed by atoms with Crippen molar-refractivity contribution in [3.05, 3.63) is 65.0 Å². The molecule has 3 N–H and O–H groups in total. The zero-order valence-corrected chi connectivity index (χ0v) is 11.5. The van der Waals surface area contributed by atoms with Crippen LogP contribution in [-0.2, 0) is 0 Å². The van der Waals surface area contributed by atoms with E-state index in [1.54, 1.807) is 6.92 Å². The first-order chi connectivity index (χ1) is 9.49. The van der Waals surface area contributed by atoms with Gasteiger partial charge in [-0.05, 0) is 37.1 Å². The van der Waals surface area contributed by atoms with Crippen LogP contribution in [0.2, 0.25) is 0 Å². The fourth-order valence-electron chi connectivity index (χ4n) is 2.00. The van der Waals surface area contributed by atoms with Gasteiger partial charge in [0.15, 0.2) is 0 Å². The monoisotopic (exact) mass is 272 g/mol. The average Bonchev–Trinajstić information content (AvgIpc) is 2.43. The van der Waals surface area contributed by atoms with Crippen LogP contribution < -0.4 is 11.1 Å². The van der Waals surface area contributed by atoms with Crippen molar-refractivity contribution >= 4 is 11.6 Å². The third-order valence-corrected chi connectivity index (χ3v) is 3.22. The van der Waals surface area contributed by atoms with Gasteiger partial charge < -0.3 is 11.1 Å². The highest BCUT2D eigenvalue weighted by atomic mass is 19.1. The fraction of sp³-hybridized carbons (Fsp3) is 0.188. The van der Waals surface area contributed by atoms with Crippen molar-refractivity contribution in [1.29, 1.82) is 0 Å². The second kappa shape index (κ2) is 5.74. The molecule has 0 saturated carbocycles. The van der Waals surface area contributed by atoms with Crippen molar-refractivity contribution < 1.29 is 9.18 Å². The van der Waals surface area contributed by atoms with Crippen LogP contribution in [0.4, 0.5) is 10.1 Å². The molecule has 0 spiro atoms. The lowest BCUT2D eigenvalue weighted by molar-refractivity contribution is 0.0940. The van der Waals surface area contributed by atoms with E-state index in [1.807, 2.05) is 37.3 Å². The van der Waals surface area contributed by atoms with Gasteiger partial charge in [0.25, 0.3) is 5.91 Å². The number of nitrogens with two attached hydrogens (primary N) is 1. The lowest BCUT2D eigenvalue weighted by Crippen LogP contribution is -2.27. The SMILES string of the molecule is Cc1cc(N)c(C(=O)NC(C)c2ccccc2)cc1F. The molecular formula is C16H17FN2O.